The van der Waals surface area contributed by atoms with Gasteiger partial charge in [0.15, 0.2) is 0 Å². The average Bonchev–Trinajstić information content (AvgIpc) is 2.39. The number of aromatic carboxylic acids is 1. The van der Waals surface area contributed by atoms with Crippen molar-refractivity contribution >= 4 is 29.2 Å². The lowest BCUT2D eigenvalue weighted by atomic mass is 10.0. The molecule has 114 valence electrons. The predicted octanol–water partition coefficient (Wildman–Crippen LogP) is 2.72. The molecule has 0 saturated heterocycles. The van der Waals surface area contributed by atoms with Crippen molar-refractivity contribution in [2.75, 3.05) is 10.6 Å². The first kappa shape index (κ1) is 16.7. The van der Waals surface area contributed by atoms with Crippen molar-refractivity contribution in [3.8, 4) is 0 Å². The van der Waals surface area contributed by atoms with E-state index >= 15 is 0 Å². The molecule has 0 fully saturated rings. The lowest BCUT2D eigenvalue weighted by Crippen LogP contribution is -2.17. The third-order valence-electron chi connectivity index (χ3n) is 3.08. The molecule has 0 heterocycles. The van der Waals surface area contributed by atoms with Gasteiger partial charge >= 0.3 is 5.97 Å². The summed E-state index contributed by atoms with van der Waals surface area (Å²) in [6.07, 6.45) is 1.21. The number of benzene rings is 1. The van der Waals surface area contributed by atoms with Crippen LogP contribution < -0.4 is 10.6 Å². The van der Waals surface area contributed by atoms with Crippen molar-refractivity contribution in [1.29, 1.82) is 0 Å². The van der Waals surface area contributed by atoms with Crippen LogP contribution in [0.25, 0.3) is 0 Å². The van der Waals surface area contributed by atoms with E-state index in [9.17, 15) is 19.5 Å². The second kappa shape index (κ2) is 7.42. The van der Waals surface area contributed by atoms with Crippen molar-refractivity contribution in [3.05, 3.63) is 23.8 Å². The third kappa shape index (κ3) is 5.25. The summed E-state index contributed by atoms with van der Waals surface area (Å²) in [5.74, 6) is -1.45. The average molecular weight is 292 g/mol. The minimum atomic E-state index is -1.17. The van der Waals surface area contributed by atoms with Gasteiger partial charge in [-0.2, -0.15) is 0 Å². The Bertz CT molecular complexity index is 555. The first-order valence-corrected chi connectivity index (χ1v) is 6.78. The monoisotopic (exact) mass is 292 g/mol. The van der Waals surface area contributed by atoms with Crippen LogP contribution >= 0.6 is 0 Å². The van der Waals surface area contributed by atoms with Crippen LogP contribution in [0.3, 0.4) is 0 Å². The molecular formula is C15H20N2O4. The molecule has 6 nitrogen and oxygen atoms in total. The Morgan fingerprint density at radius 1 is 1.24 bits per heavy atom. The number of nitrogens with one attached hydrogen (secondary N) is 2. The van der Waals surface area contributed by atoms with Gasteiger partial charge in [-0.05, 0) is 24.1 Å². The molecule has 1 unspecified atom stereocenters. The molecule has 0 aromatic heterocycles. The molecule has 1 atom stereocenters. The number of amides is 2. The molecule has 1 aromatic rings. The van der Waals surface area contributed by atoms with E-state index in [1.807, 2.05) is 13.8 Å². The van der Waals surface area contributed by atoms with Gasteiger partial charge in [-0.25, -0.2) is 4.79 Å². The maximum atomic E-state index is 11.8. The van der Waals surface area contributed by atoms with Gasteiger partial charge in [0.05, 0.1) is 11.3 Å². The van der Waals surface area contributed by atoms with Crippen LogP contribution in [0.1, 0.15) is 44.0 Å². The van der Waals surface area contributed by atoms with E-state index in [1.54, 1.807) is 6.07 Å². The van der Waals surface area contributed by atoms with Gasteiger partial charge < -0.3 is 15.7 Å². The maximum Gasteiger partial charge on any atom is 0.337 e. The number of carboxylic acid groups (broad SMARTS) is 1. The van der Waals surface area contributed by atoms with Gasteiger partial charge in [0.1, 0.15) is 0 Å². The molecule has 3 N–H and O–H groups in total. The zero-order chi connectivity index (χ0) is 16.0. The van der Waals surface area contributed by atoms with Crippen LogP contribution in [0, 0.1) is 5.92 Å². The van der Waals surface area contributed by atoms with Crippen LogP contribution in [0.5, 0.6) is 0 Å². The summed E-state index contributed by atoms with van der Waals surface area (Å²) in [6, 6.07) is 4.35. The van der Waals surface area contributed by atoms with Crippen molar-refractivity contribution in [1.82, 2.24) is 0 Å². The Balaban J connectivity index is 2.93. The molecular weight excluding hydrogens is 272 g/mol. The summed E-state index contributed by atoms with van der Waals surface area (Å²) < 4.78 is 0. The first-order valence-electron chi connectivity index (χ1n) is 6.78. The van der Waals surface area contributed by atoms with E-state index in [2.05, 4.69) is 10.6 Å². The number of carbonyl (C=O) groups is 3. The Morgan fingerprint density at radius 3 is 2.43 bits per heavy atom. The quantitative estimate of drug-likeness (QED) is 0.751. The van der Waals surface area contributed by atoms with Gasteiger partial charge in [-0.15, -0.1) is 0 Å². The van der Waals surface area contributed by atoms with Crippen LogP contribution in [0.15, 0.2) is 18.2 Å². The number of rotatable bonds is 6. The van der Waals surface area contributed by atoms with Crippen molar-refractivity contribution in [2.45, 2.75) is 33.6 Å². The summed E-state index contributed by atoms with van der Waals surface area (Å²) in [7, 11) is 0. The molecule has 1 rings (SSSR count). The molecule has 6 heteroatoms. The number of carbonyl (C=O) groups excluding carboxylic acids is 2. The van der Waals surface area contributed by atoms with E-state index in [1.165, 1.54) is 19.1 Å². The van der Waals surface area contributed by atoms with Crippen molar-refractivity contribution in [2.24, 2.45) is 5.92 Å². The second-order valence-electron chi connectivity index (χ2n) is 5.01. The highest BCUT2D eigenvalue weighted by Gasteiger charge is 2.15. The topological polar surface area (TPSA) is 95.5 Å². The number of hydrogen-bond donors (Lipinski definition) is 3. The van der Waals surface area contributed by atoms with Crippen molar-refractivity contribution in [3.63, 3.8) is 0 Å². The zero-order valence-electron chi connectivity index (χ0n) is 12.4. The highest BCUT2D eigenvalue weighted by Crippen LogP contribution is 2.21. The predicted molar refractivity (Wildman–Crippen MR) is 80.4 cm³/mol. The normalized spacial score (nSPS) is 11.6. The first-order chi connectivity index (χ1) is 9.83. The molecule has 0 bridgehead atoms. The molecule has 0 radical (unpaired) electrons. The third-order valence-corrected chi connectivity index (χ3v) is 3.08. The van der Waals surface area contributed by atoms with E-state index in [0.717, 1.165) is 6.42 Å². The van der Waals surface area contributed by atoms with E-state index < -0.39 is 5.97 Å². The number of anilines is 2. The molecule has 0 aliphatic carbocycles. The molecule has 21 heavy (non-hydrogen) atoms. The second-order valence-corrected chi connectivity index (χ2v) is 5.01. The fraction of sp³-hybridized carbons (Fsp3) is 0.400. The summed E-state index contributed by atoms with van der Waals surface area (Å²) in [5, 5.41) is 14.3. The van der Waals surface area contributed by atoms with E-state index in [0.29, 0.717) is 12.1 Å². The molecule has 0 saturated carbocycles. The summed E-state index contributed by atoms with van der Waals surface area (Å²) >= 11 is 0. The van der Waals surface area contributed by atoms with Crippen LogP contribution in [0.2, 0.25) is 0 Å². The Hall–Kier alpha value is -2.37. The lowest BCUT2D eigenvalue weighted by Gasteiger charge is -2.12. The summed E-state index contributed by atoms with van der Waals surface area (Å²) in [5.41, 5.74) is 0.545. The molecule has 0 aliphatic rings. The summed E-state index contributed by atoms with van der Waals surface area (Å²) in [4.78, 5) is 34.1. The van der Waals surface area contributed by atoms with Crippen LogP contribution in [0.4, 0.5) is 11.4 Å². The van der Waals surface area contributed by atoms with E-state index in [-0.39, 0.29) is 29.0 Å². The zero-order valence-corrected chi connectivity index (χ0v) is 12.4. The molecule has 1 aromatic carbocycles. The van der Waals surface area contributed by atoms with E-state index in [4.69, 9.17) is 0 Å². The smallest absolute Gasteiger partial charge is 0.337 e. The fourth-order valence-electron chi connectivity index (χ4n) is 1.77. The van der Waals surface area contributed by atoms with Gasteiger partial charge in [0.25, 0.3) is 0 Å². The highest BCUT2D eigenvalue weighted by atomic mass is 16.4. The standard InChI is InChI=1S/C15H20N2O4/c1-4-9(2)7-14(19)17-13-6-5-11(16-10(3)18)8-12(13)15(20)21/h5-6,8-9H,4,7H2,1-3H3,(H,16,18)(H,17,19)(H,20,21). The highest BCUT2D eigenvalue weighted by molar-refractivity contribution is 6.02. The molecule has 0 aliphatic heterocycles. The summed E-state index contributed by atoms with van der Waals surface area (Å²) in [6.45, 7) is 5.28. The Kier molecular flexibility index (Phi) is 5.90. The van der Waals surface area contributed by atoms with Crippen molar-refractivity contribution < 1.29 is 19.5 Å². The lowest BCUT2D eigenvalue weighted by molar-refractivity contribution is -0.117. The van der Waals surface area contributed by atoms with Gasteiger partial charge in [-0.1, -0.05) is 20.3 Å². The maximum absolute atomic E-state index is 11.8. The largest absolute Gasteiger partial charge is 0.478 e. The number of carboxylic acids is 1. The number of hydrogen-bond acceptors (Lipinski definition) is 3. The minimum Gasteiger partial charge on any atom is -0.478 e. The molecule has 0 spiro atoms. The van der Waals surface area contributed by atoms with Gasteiger partial charge in [0.2, 0.25) is 11.8 Å². The van der Waals surface area contributed by atoms with Gasteiger partial charge in [0, 0.05) is 19.0 Å². The Morgan fingerprint density at radius 2 is 1.90 bits per heavy atom. The molecule has 2 amide bonds. The SMILES string of the molecule is CCC(C)CC(=O)Nc1ccc(NC(C)=O)cc1C(=O)O. The Labute approximate surface area is 123 Å². The van der Waals surface area contributed by atoms with Crippen LogP contribution in [-0.2, 0) is 9.59 Å². The van der Waals surface area contributed by atoms with Gasteiger partial charge in [-0.3, -0.25) is 9.59 Å². The fourth-order valence-corrected chi connectivity index (χ4v) is 1.77. The minimum absolute atomic E-state index is 0.0567. The van der Waals surface area contributed by atoms with Crippen LogP contribution in [-0.4, -0.2) is 22.9 Å².